The van der Waals surface area contributed by atoms with Gasteiger partial charge >= 0.3 is 0 Å². The number of pyridine rings is 1. The SMILES string of the molecule is CC(C)n1cc(C(=O)C=Cc2cn(Cc3ccccc3)nc2-c2cccnc2)cn1. The normalized spacial score (nSPS) is 11.4. The molecule has 3 heterocycles. The van der Waals surface area contributed by atoms with Gasteiger partial charge in [-0.25, -0.2) is 0 Å². The number of allylic oxidation sites excluding steroid dienone is 1. The third kappa shape index (κ3) is 4.43. The summed E-state index contributed by atoms with van der Waals surface area (Å²) in [4.78, 5) is 16.8. The lowest BCUT2D eigenvalue weighted by Crippen LogP contribution is -2.00. The first-order valence-corrected chi connectivity index (χ1v) is 9.88. The van der Waals surface area contributed by atoms with Gasteiger partial charge in [0.1, 0.15) is 5.69 Å². The summed E-state index contributed by atoms with van der Waals surface area (Å²) < 4.78 is 3.67. The van der Waals surface area contributed by atoms with Crippen LogP contribution in [0.5, 0.6) is 0 Å². The van der Waals surface area contributed by atoms with Crippen LogP contribution in [0.15, 0.2) is 79.5 Å². The minimum Gasteiger partial charge on any atom is -0.289 e. The van der Waals surface area contributed by atoms with Crippen molar-refractivity contribution >= 4 is 11.9 Å². The van der Waals surface area contributed by atoms with Crippen LogP contribution in [0.1, 0.15) is 41.4 Å². The van der Waals surface area contributed by atoms with E-state index in [1.807, 2.05) is 61.1 Å². The second-order valence-corrected chi connectivity index (χ2v) is 7.36. The molecule has 0 saturated carbocycles. The van der Waals surface area contributed by atoms with Crippen molar-refractivity contribution < 1.29 is 4.79 Å². The Morgan fingerprint density at radius 1 is 1.07 bits per heavy atom. The molecule has 0 unspecified atom stereocenters. The molecule has 6 heteroatoms. The zero-order chi connectivity index (χ0) is 20.9. The highest BCUT2D eigenvalue weighted by molar-refractivity contribution is 6.06. The molecule has 4 rings (SSSR count). The fourth-order valence-corrected chi connectivity index (χ4v) is 3.15. The Morgan fingerprint density at radius 3 is 2.60 bits per heavy atom. The maximum atomic E-state index is 12.6. The molecule has 0 atom stereocenters. The van der Waals surface area contributed by atoms with Crippen molar-refractivity contribution in [2.45, 2.75) is 26.4 Å². The first-order valence-electron chi connectivity index (χ1n) is 9.88. The van der Waals surface area contributed by atoms with E-state index in [9.17, 15) is 4.79 Å². The highest BCUT2D eigenvalue weighted by Gasteiger charge is 2.12. The first kappa shape index (κ1) is 19.5. The maximum absolute atomic E-state index is 12.6. The molecule has 4 aromatic rings. The monoisotopic (exact) mass is 397 g/mol. The Labute approximate surface area is 175 Å². The van der Waals surface area contributed by atoms with Crippen molar-refractivity contribution in [3.8, 4) is 11.3 Å². The summed E-state index contributed by atoms with van der Waals surface area (Å²) in [6.07, 6.45) is 12.2. The predicted octanol–water partition coefficient (Wildman–Crippen LogP) is 4.67. The average molecular weight is 397 g/mol. The largest absolute Gasteiger partial charge is 0.289 e. The van der Waals surface area contributed by atoms with Gasteiger partial charge in [-0.1, -0.05) is 30.3 Å². The highest BCUT2D eigenvalue weighted by Crippen LogP contribution is 2.23. The molecule has 0 aliphatic carbocycles. The van der Waals surface area contributed by atoms with E-state index in [-0.39, 0.29) is 11.8 Å². The molecule has 0 saturated heterocycles. The number of rotatable bonds is 7. The molecule has 3 aromatic heterocycles. The summed E-state index contributed by atoms with van der Waals surface area (Å²) in [5.41, 5.74) is 4.29. The quantitative estimate of drug-likeness (QED) is 0.336. The van der Waals surface area contributed by atoms with Crippen molar-refractivity contribution in [1.82, 2.24) is 24.5 Å². The molecular weight excluding hydrogens is 374 g/mol. The van der Waals surface area contributed by atoms with Crippen molar-refractivity contribution in [3.63, 3.8) is 0 Å². The second-order valence-electron chi connectivity index (χ2n) is 7.36. The third-order valence-corrected chi connectivity index (χ3v) is 4.74. The molecule has 0 radical (unpaired) electrons. The van der Waals surface area contributed by atoms with Crippen molar-refractivity contribution in [2.75, 3.05) is 0 Å². The first-order chi connectivity index (χ1) is 14.6. The zero-order valence-corrected chi connectivity index (χ0v) is 17.0. The molecule has 0 bridgehead atoms. The summed E-state index contributed by atoms with van der Waals surface area (Å²) >= 11 is 0. The number of ketones is 1. The molecule has 150 valence electrons. The van der Waals surface area contributed by atoms with Crippen molar-refractivity contribution in [3.05, 3.63) is 96.2 Å². The van der Waals surface area contributed by atoms with Gasteiger partial charge < -0.3 is 0 Å². The fourth-order valence-electron chi connectivity index (χ4n) is 3.15. The topological polar surface area (TPSA) is 65.6 Å². The number of carbonyl (C=O) groups excluding carboxylic acids is 1. The Bertz CT molecular complexity index is 1160. The number of aromatic nitrogens is 5. The number of hydrogen-bond acceptors (Lipinski definition) is 4. The van der Waals surface area contributed by atoms with Gasteiger partial charge in [0.05, 0.1) is 18.3 Å². The molecule has 0 aliphatic rings. The summed E-state index contributed by atoms with van der Waals surface area (Å²) in [5.74, 6) is -0.0881. The molecule has 0 N–H and O–H groups in total. The van der Waals surface area contributed by atoms with E-state index in [1.54, 1.807) is 35.5 Å². The van der Waals surface area contributed by atoms with Gasteiger partial charge in [0.15, 0.2) is 5.78 Å². The van der Waals surface area contributed by atoms with Gasteiger partial charge in [-0.15, -0.1) is 0 Å². The molecule has 0 aliphatic heterocycles. The number of nitrogens with zero attached hydrogens (tertiary/aromatic N) is 5. The van der Waals surface area contributed by atoms with E-state index < -0.39 is 0 Å². The second kappa shape index (κ2) is 8.69. The third-order valence-electron chi connectivity index (χ3n) is 4.74. The van der Waals surface area contributed by atoms with Gasteiger partial charge in [-0.2, -0.15) is 10.2 Å². The number of hydrogen-bond donors (Lipinski definition) is 0. The lowest BCUT2D eigenvalue weighted by molar-refractivity contribution is 0.104. The minimum absolute atomic E-state index is 0.0881. The molecule has 30 heavy (non-hydrogen) atoms. The Balaban J connectivity index is 1.63. The van der Waals surface area contributed by atoms with E-state index in [0.29, 0.717) is 12.1 Å². The Morgan fingerprint density at radius 2 is 1.90 bits per heavy atom. The van der Waals surface area contributed by atoms with Gasteiger partial charge in [-0.3, -0.25) is 19.1 Å². The summed E-state index contributed by atoms with van der Waals surface area (Å²) in [7, 11) is 0. The number of carbonyl (C=O) groups is 1. The summed E-state index contributed by atoms with van der Waals surface area (Å²) in [6, 6.07) is 14.2. The van der Waals surface area contributed by atoms with Crippen LogP contribution in [0.25, 0.3) is 17.3 Å². The van der Waals surface area contributed by atoms with Crippen molar-refractivity contribution in [1.29, 1.82) is 0 Å². The van der Waals surface area contributed by atoms with Gasteiger partial charge in [0, 0.05) is 42.0 Å². The summed E-state index contributed by atoms with van der Waals surface area (Å²) in [6.45, 7) is 4.70. The van der Waals surface area contributed by atoms with Crippen LogP contribution in [0, 0.1) is 0 Å². The fraction of sp³-hybridized carbons (Fsp3) is 0.167. The molecular formula is C24H23N5O. The van der Waals surface area contributed by atoms with E-state index in [2.05, 4.69) is 22.2 Å². The van der Waals surface area contributed by atoms with Crippen LogP contribution >= 0.6 is 0 Å². The minimum atomic E-state index is -0.0881. The Kier molecular flexibility index (Phi) is 5.66. The van der Waals surface area contributed by atoms with Crippen LogP contribution in [-0.2, 0) is 6.54 Å². The van der Waals surface area contributed by atoms with Crippen LogP contribution in [-0.4, -0.2) is 30.3 Å². The van der Waals surface area contributed by atoms with Crippen LogP contribution < -0.4 is 0 Å². The van der Waals surface area contributed by atoms with Gasteiger partial charge in [0.25, 0.3) is 0 Å². The molecule has 0 spiro atoms. The lowest BCUT2D eigenvalue weighted by Gasteiger charge is -2.02. The maximum Gasteiger partial charge on any atom is 0.189 e. The number of benzene rings is 1. The zero-order valence-electron chi connectivity index (χ0n) is 17.0. The predicted molar refractivity (Wildman–Crippen MR) is 117 cm³/mol. The smallest absolute Gasteiger partial charge is 0.189 e. The molecule has 6 nitrogen and oxygen atoms in total. The van der Waals surface area contributed by atoms with E-state index in [4.69, 9.17) is 5.10 Å². The highest BCUT2D eigenvalue weighted by atomic mass is 16.1. The summed E-state index contributed by atoms with van der Waals surface area (Å²) in [5, 5.41) is 9.00. The van der Waals surface area contributed by atoms with E-state index in [1.165, 1.54) is 0 Å². The van der Waals surface area contributed by atoms with Gasteiger partial charge in [0.2, 0.25) is 0 Å². The van der Waals surface area contributed by atoms with E-state index >= 15 is 0 Å². The van der Waals surface area contributed by atoms with Crippen molar-refractivity contribution in [2.24, 2.45) is 0 Å². The average Bonchev–Trinajstić information content (AvgIpc) is 3.41. The standard InChI is InChI=1S/C24H23N5O/c1-18(2)29-17-22(14-26-29)23(30)11-10-21-16-28(15-19-7-4-3-5-8-19)27-24(21)20-9-6-12-25-13-20/h3-14,16-18H,15H2,1-2H3. The molecule has 0 fully saturated rings. The van der Waals surface area contributed by atoms with Gasteiger partial charge in [-0.05, 0) is 43.7 Å². The van der Waals surface area contributed by atoms with Crippen LogP contribution in [0.2, 0.25) is 0 Å². The van der Waals surface area contributed by atoms with E-state index in [0.717, 1.165) is 22.4 Å². The van der Waals surface area contributed by atoms with Crippen LogP contribution in [0.4, 0.5) is 0 Å². The van der Waals surface area contributed by atoms with Crippen LogP contribution in [0.3, 0.4) is 0 Å². The lowest BCUT2D eigenvalue weighted by atomic mass is 10.1. The molecule has 0 amide bonds. The molecule has 1 aromatic carbocycles. The Hall–Kier alpha value is -3.80.